The first kappa shape index (κ1) is 21.2. The fraction of sp³-hybridized carbons (Fsp3) is 0.417. The standard InChI is InChI=1S/C24H29N3O4/c28-23(25-20-7-4-8-22(16-20)27-11-13-30-14-12-27)19-9-10-21(15-19)26-24(29)31-17-18-5-2-1-3-6-18/h1-8,16,19,21H,9-15,17H2,(H,25,28)(H,26,29)/t19-,21+/m0/s1. The van der Waals surface area contributed by atoms with Gasteiger partial charge in [-0.2, -0.15) is 0 Å². The molecule has 0 unspecified atom stereocenters. The number of amides is 2. The lowest BCUT2D eigenvalue weighted by Crippen LogP contribution is -2.36. The molecule has 7 nitrogen and oxygen atoms in total. The van der Waals surface area contributed by atoms with Crippen molar-refractivity contribution in [3.05, 3.63) is 60.2 Å². The van der Waals surface area contributed by atoms with Crippen molar-refractivity contribution in [1.82, 2.24) is 5.32 Å². The van der Waals surface area contributed by atoms with E-state index in [1.54, 1.807) is 0 Å². The van der Waals surface area contributed by atoms with Gasteiger partial charge in [-0.15, -0.1) is 0 Å². The quantitative estimate of drug-likeness (QED) is 0.743. The van der Waals surface area contributed by atoms with Gasteiger partial charge in [0.15, 0.2) is 0 Å². The number of morpholine rings is 1. The van der Waals surface area contributed by atoms with Crippen molar-refractivity contribution in [3.8, 4) is 0 Å². The van der Waals surface area contributed by atoms with E-state index in [9.17, 15) is 9.59 Å². The van der Waals surface area contributed by atoms with E-state index in [0.717, 1.165) is 56.1 Å². The molecule has 164 valence electrons. The van der Waals surface area contributed by atoms with Crippen LogP contribution in [0.5, 0.6) is 0 Å². The molecule has 2 aromatic rings. The van der Waals surface area contributed by atoms with E-state index in [1.165, 1.54) is 0 Å². The molecule has 1 aliphatic heterocycles. The summed E-state index contributed by atoms with van der Waals surface area (Å²) >= 11 is 0. The third-order valence-corrected chi connectivity index (χ3v) is 5.83. The van der Waals surface area contributed by atoms with Crippen LogP contribution in [0.4, 0.5) is 16.2 Å². The average Bonchev–Trinajstić information content (AvgIpc) is 3.28. The van der Waals surface area contributed by atoms with Crippen molar-refractivity contribution in [2.45, 2.75) is 31.9 Å². The van der Waals surface area contributed by atoms with Crippen molar-refractivity contribution in [3.63, 3.8) is 0 Å². The first-order valence-electron chi connectivity index (χ1n) is 10.9. The fourth-order valence-electron chi connectivity index (χ4n) is 4.13. The Balaban J connectivity index is 1.23. The molecule has 0 aromatic heterocycles. The number of hydrogen-bond acceptors (Lipinski definition) is 5. The minimum absolute atomic E-state index is 0.00100. The van der Waals surface area contributed by atoms with E-state index in [0.29, 0.717) is 6.42 Å². The van der Waals surface area contributed by atoms with Gasteiger partial charge in [0.1, 0.15) is 6.61 Å². The molecule has 2 aliphatic rings. The summed E-state index contributed by atoms with van der Waals surface area (Å²) in [6.07, 6.45) is 1.70. The number of alkyl carbamates (subject to hydrolysis) is 1. The van der Waals surface area contributed by atoms with Crippen LogP contribution in [0.3, 0.4) is 0 Å². The Labute approximate surface area is 182 Å². The molecule has 1 saturated carbocycles. The minimum atomic E-state index is -0.437. The van der Waals surface area contributed by atoms with Gasteiger partial charge in [-0.25, -0.2) is 4.79 Å². The van der Waals surface area contributed by atoms with Crippen LogP contribution >= 0.6 is 0 Å². The predicted molar refractivity (Wildman–Crippen MR) is 119 cm³/mol. The molecule has 1 aliphatic carbocycles. The minimum Gasteiger partial charge on any atom is -0.445 e. The maximum Gasteiger partial charge on any atom is 0.407 e. The smallest absolute Gasteiger partial charge is 0.407 e. The number of rotatable bonds is 6. The highest BCUT2D eigenvalue weighted by Crippen LogP contribution is 2.28. The van der Waals surface area contributed by atoms with Crippen molar-refractivity contribution in [2.75, 3.05) is 36.5 Å². The van der Waals surface area contributed by atoms with Gasteiger partial charge in [-0.3, -0.25) is 4.79 Å². The molecule has 7 heteroatoms. The summed E-state index contributed by atoms with van der Waals surface area (Å²) in [7, 11) is 0. The van der Waals surface area contributed by atoms with Crippen LogP contribution < -0.4 is 15.5 Å². The van der Waals surface area contributed by atoms with E-state index in [1.807, 2.05) is 48.5 Å². The third kappa shape index (κ3) is 5.98. The fourth-order valence-corrected chi connectivity index (χ4v) is 4.13. The van der Waals surface area contributed by atoms with Crippen LogP contribution in [0, 0.1) is 5.92 Å². The highest BCUT2D eigenvalue weighted by molar-refractivity contribution is 5.93. The highest BCUT2D eigenvalue weighted by atomic mass is 16.5. The molecule has 2 amide bonds. The van der Waals surface area contributed by atoms with Gasteiger partial charge in [0.05, 0.1) is 13.2 Å². The monoisotopic (exact) mass is 423 g/mol. The van der Waals surface area contributed by atoms with E-state index in [2.05, 4.69) is 21.6 Å². The summed E-state index contributed by atoms with van der Waals surface area (Å²) in [5, 5.41) is 5.93. The first-order chi connectivity index (χ1) is 15.2. The van der Waals surface area contributed by atoms with Gasteiger partial charge in [0.25, 0.3) is 0 Å². The second-order valence-electron chi connectivity index (χ2n) is 8.05. The lowest BCUT2D eigenvalue weighted by Gasteiger charge is -2.29. The summed E-state index contributed by atoms with van der Waals surface area (Å²) in [4.78, 5) is 27.1. The van der Waals surface area contributed by atoms with Crippen LogP contribution in [0.25, 0.3) is 0 Å². The zero-order chi connectivity index (χ0) is 21.5. The number of nitrogens with one attached hydrogen (secondary N) is 2. The molecule has 2 N–H and O–H groups in total. The molecule has 2 atom stereocenters. The summed E-state index contributed by atoms with van der Waals surface area (Å²) in [5.41, 5.74) is 2.83. The number of nitrogens with zero attached hydrogens (tertiary/aromatic N) is 1. The van der Waals surface area contributed by atoms with Crippen LogP contribution in [0.15, 0.2) is 54.6 Å². The number of ether oxygens (including phenoxy) is 2. The van der Waals surface area contributed by atoms with E-state index in [-0.39, 0.29) is 24.5 Å². The molecular formula is C24H29N3O4. The largest absolute Gasteiger partial charge is 0.445 e. The zero-order valence-corrected chi connectivity index (χ0v) is 17.6. The van der Waals surface area contributed by atoms with Gasteiger partial charge in [0.2, 0.25) is 5.91 Å². The molecule has 0 spiro atoms. The average molecular weight is 424 g/mol. The Kier molecular flexibility index (Phi) is 7.04. The molecule has 2 aromatic carbocycles. The normalized spacial score (nSPS) is 20.8. The Morgan fingerprint density at radius 2 is 1.84 bits per heavy atom. The molecule has 4 rings (SSSR count). The van der Waals surface area contributed by atoms with Crippen molar-refractivity contribution in [2.24, 2.45) is 5.92 Å². The number of carbonyl (C=O) groups is 2. The maximum absolute atomic E-state index is 12.8. The summed E-state index contributed by atoms with van der Waals surface area (Å²) in [6, 6.07) is 17.5. The molecule has 1 heterocycles. The SMILES string of the molecule is O=C(N[C@@H]1CC[C@H](C(=O)Nc2cccc(N3CCOCC3)c2)C1)OCc1ccccc1. The van der Waals surface area contributed by atoms with E-state index < -0.39 is 6.09 Å². The van der Waals surface area contributed by atoms with Gasteiger partial charge in [0, 0.05) is 36.4 Å². The molecule has 0 bridgehead atoms. The first-order valence-corrected chi connectivity index (χ1v) is 10.9. The Bertz CT molecular complexity index is 883. The second-order valence-corrected chi connectivity index (χ2v) is 8.05. The zero-order valence-electron chi connectivity index (χ0n) is 17.6. The van der Waals surface area contributed by atoms with Crippen LogP contribution in [-0.2, 0) is 20.9 Å². The van der Waals surface area contributed by atoms with Crippen molar-refractivity contribution >= 4 is 23.4 Å². The number of anilines is 2. The van der Waals surface area contributed by atoms with Crippen molar-refractivity contribution < 1.29 is 19.1 Å². The Morgan fingerprint density at radius 1 is 1.03 bits per heavy atom. The van der Waals surface area contributed by atoms with Crippen LogP contribution in [0.1, 0.15) is 24.8 Å². The molecular weight excluding hydrogens is 394 g/mol. The highest BCUT2D eigenvalue weighted by Gasteiger charge is 2.31. The van der Waals surface area contributed by atoms with Gasteiger partial charge in [-0.05, 0) is 43.0 Å². The number of carbonyl (C=O) groups excluding carboxylic acids is 2. The number of hydrogen-bond donors (Lipinski definition) is 2. The van der Waals surface area contributed by atoms with Gasteiger partial charge < -0.3 is 25.0 Å². The molecule has 31 heavy (non-hydrogen) atoms. The second kappa shape index (κ2) is 10.3. The predicted octanol–water partition coefficient (Wildman–Crippen LogP) is 3.56. The Morgan fingerprint density at radius 3 is 2.65 bits per heavy atom. The molecule has 2 fully saturated rings. The topological polar surface area (TPSA) is 79.9 Å². The van der Waals surface area contributed by atoms with Crippen molar-refractivity contribution in [1.29, 1.82) is 0 Å². The summed E-state index contributed by atoms with van der Waals surface area (Å²) in [5.74, 6) is -0.118. The summed E-state index contributed by atoms with van der Waals surface area (Å²) in [6.45, 7) is 3.39. The molecule has 1 saturated heterocycles. The lowest BCUT2D eigenvalue weighted by molar-refractivity contribution is -0.119. The third-order valence-electron chi connectivity index (χ3n) is 5.83. The summed E-state index contributed by atoms with van der Waals surface area (Å²) < 4.78 is 10.7. The number of benzene rings is 2. The van der Waals surface area contributed by atoms with Crippen LogP contribution in [0.2, 0.25) is 0 Å². The maximum atomic E-state index is 12.8. The molecule has 0 radical (unpaired) electrons. The van der Waals surface area contributed by atoms with Gasteiger partial charge >= 0.3 is 6.09 Å². The lowest BCUT2D eigenvalue weighted by atomic mass is 10.1. The van der Waals surface area contributed by atoms with Crippen LogP contribution in [-0.4, -0.2) is 44.3 Å². The van der Waals surface area contributed by atoms with Gasteiger partial charge in [-0.1, -0.05) is 36.4 Å². The van der Waals surface area contributed by atoms with E-state index >= 15 is 0 Å². The van der Waals surface area contributed by atoms with E-state index in [4.69, 9.17) is 9.47 Å². The Hall–Kier alpha value is -3.06.